The fourth-order valence-corrected chi connectivity index (χ4v) is 2.00. The molecule has 0 fully saturated rings. The fraction of sp³-hybridized carbons (Fsp3) is 0.200. The van der Waals surface area contributed by atoms with Gasteiger partial charge in [0.05, 0.1) is 12.8 Å². The number of anilines is 3. The summed E-state index contributed by atoms with van der Waals surface area (Å²) < 4.78 is 18.2. The van der Waals surface area contributed by atoms with E-state index in [0.29, 0.717) is 11.4 Å². The highest BCUT2D eigenvalue weighted by Crippen LogP contribution is 2.31. The van der Waals surface area contributed by atoms with Gasteiger partial charge in [-0.25, -0.2) is 4.39 Å². The van der Waals surface area contributed by atoms with Crippen molar-refractivity contribution >= 4 is 17.1 Å². The van der Waals surface area contributed by atoms with Gasteiger partial charge in [-0.05, 0) is 43.3 Å². The lowest BCUT2D eigenvalue weighted by Crippen LogP contribution is -2.16. The lowest BCUT2D eigenvalue weighted by molar-refractivity contribution is 0.417. The van der Waals surface area contributed by atoms with Crippen molar-refractivity contribution in [2.45, 2.75) is 6.92 Å². The van der Waals surface area contributed by atoms with Crippen LogP contribution in [0.25, 0.3) is 0 Å². The van der Waals surface area contributed by atoms with E-state index >= 15 is 0 Å². The summed E-state index contributed by atoms with van der Waals surface area (Å²) in [6, 6.07) is 12.0. The van der Waals surface area contributed by atoms with Crippen molar-refractivity contribution in [3.05, 3.63) is 48.3 Å². The Hall–Kier alpha value is -2.23. The first-order chi connectivity index (χ1) is 9.15. The highest BCUT2D eigenvalue weighted by atomic mass is 19.1. The zero-order chi connectivity index (χ0) is 13.8. The summed E-state index contributed by atoms with van der Waals surface area (Å²) in [6.07, 6.45) is 0. The summed E-state index contributed by atoms with van der Waals surface area (Å²) in [4.78, 5) is 2.06. The molecule has 0 unspecified atom stereocenters. The summed E-state index contributed by atoms with van der Waals surface area (Å²) >= 11 is 0. The minimum Gasteiger partial charge on any atom is -0.495 e. The van der Waals surface area contributed by atoms with Gasteiger partial charge in [0.25, 0.3) is 0 Å². The van der Waals surface area contributed by atoms with Crippen LogP contribution in [0.3, 0.4) is 0 Å². The topological polar surface area (TPSA) is 38.5 Å². The molecular formula is C15H17FN2O. The van der Waals surface area contributed by atoms with Crippen molar-refractivity contribution in [1.29, 1.82) is 0 Å². The number of hydrogen-bond acceptors (Lipinski definition) is 3. The molecule has 0 heterocycles. The first-order valence-corrected chi connectivity index (χ1v) is 6.12. The molecule has 0 bridgehead atoms. The molecule has 100 valence electrons. The molecule has 0 radical (unpaired) electrons. The standard InChI is InChI=1S/C15H17FN2O/c1-3-18(12-6-4-11(16)5-7-12)13-8-9-14(17)15(10-13)19-2/h4-10H,3,17H2,1-2H3. The number of halogens is 1. The van der Waals surface area contributed by atoms with E-state index in [9.17, 15) is 4.39 Å². The van der Waals surface area contributed by atoms with E-state index in [2.05, 4.69) is 4.90 Å². The second-order valence-corrected chi connectivity index (χ2v) is 4.15. The van der Waals surface area contributed by atoms with E-state index in [-0.39, 0.29) is 5.82 Å². The SMILES string of the molecule is CCN(c1ccc(F)cc1)c1ccc(N)c(OC)c1. The first kappa shape index (κ1) is 13.2. The molecule has 0 spiro atoms. The Morgan fingerprint density at radius 1 is 1.11 bits per heavy atom. The normalized spacial score (nSPS) is 10.3. The lowest BCUT2D eigenvalue weighted by atomic mass is 10.2. The van der Waals surface area contributed by atoms with E-state index in [0.717, 1.165) is 17.9 Å². The van der Waals surface area contributed by atoms with Crippen LogP contribution < -0.4 is 15.4 Å². The van der Waals surface area contributed by atoms with Gasteiger partial charge >= 0.3 is 0 Å². The van der Waals surface area contributed by atoms with Crippen LogP contribution in [0.15, 0.2) is 42.5 Å². The Bertz CT molecular complexity index is 555. The van der Waals surface area contributed by atoms with Crippen LogP contribution in [0.1, 0.15) is 6.92 Å². The average molecular weight is 260 g/mol. The smallest absolute Gasteiger partial charge is 0.143 e. The summed E-state index contributed by atoms with van der Waals surface area (Å²) in [7, 11) is 1.59. The van der Waals surface area contributed by atoms with E-state index in [4.69, 9.17) is 10.5 Å². The van der Waals surface area contributed by atoms with E-state index in [1.54, 1.807) is 25.3 Å². The van der Waals surface area contributed by atoms with Gasteiger partial charge in [-0.3, -0.25) is 0 Å². The number of nitrogens with zero attached hydrogens (tertiary/aromatic N) is 1. The van der Waals surface area contributed by atoms with Crippen molar-refractivity contribution in [1.82, 2.24) is 0 Å². The Labute approximate surface area is 112 Å². The van der Waals surface area contributed by atoms with Gasteiger partial charge in [-0.1, -0.05) is 0 Å². The number of nitrogen functional groups attached to an aromatic ring is 1. The number of benzene rings is 2. The molecule has 2 rings (SSSR count). The molecule has 0 atom stereocenters. The molecule has 0 aliphatic heterocycles. The average Bonchev–Trinajstić information content (AvgIpc) is 2.43. The summed E-state index contributed by atoms with van der Waals surface area (Å²) in [5, 5.41) is 0. The number of nitrogens with two attached hydrogens (primary N) is 1. The molecule has 19 heavy (non-hydrogen) atoms. The van der Waals surface area contributed by atoms with Crippen molar-refractivity contribution in [2.75, 3.05) is 24.3 Å². The van der Waals surface area contributed by atoms with Crippen LogP contribution in [-0.2, 0) is 0 Å². The monoisotopic (exact) mass is 260 g/mol. The van der Waals surface area contributed by atoms with Crippen molar-refractivity contribution < 1.29 is 9.13 Å². The minimum absolute atomic E-state index is 0.241. The van der Waals surface area contributed by atoms with Crippen LogP contribution in [0.2, 0.25) is 0 Å². The maximum atomic E-state index is 13.0. The summed E-state index contributed by atoms with van der Waals surface area (Å²) in [6.45, 7) is 2.80. The molecule has 4 heteroatoms. The maximum absolute atomic E-state index is 13.0. The Balaban J connectivity index is 2.39. The van der Waals surface area contributed by atoms with Crippen LogP contribution in [0.5, 0.6) is 5.75 Å². The van der Waals surface area contributed by atoms with Gasteiger partial charge in [0.1, 0.15) is 11.6 Å². The van der Waals surface area contributed by atoms with Gasteiger partial charge < -0.3 is 15.4 Å². The number of methoxy groups -OCH3 is 1. The number of rotatable bonds is 4. The molecule has 0 saturated heterocycles. The van der Waals surface area contributed by atoms with Gasteiger partial charge in [-0.15, -0.1) is 0 Å². The third kappa shape index (κ3) is 2.78. The molecule has 0 aromatic heterocycles. The molecule has 2 aromatic rings. The molecule has 0 aliphatic rings. The molecule has 0 saturated carbocycles. The Kier molecular flexibility index (Phi) is 3.90. The molecule has 2 aromatic carbocycles. The highest BCUT2D eigenvalue weighted by molar-refractivity contribution is 5.68. The molecule has 0 aliphatic carbocycles. The second-order valence-electron chi connectivity index (χ2n) is 4.15. The van der Waals surface area contributed by atoms with Gasteiger partial charge in [-0.2, -0.15) is 0 Å². The zero-order valence-corrected chi connectivity index (χ0v) is 11.1. The minimum atomic E-state index is -0.241. The lowest BCUT2D eigenvalue weighted by Gasteiger charge is -2.24. The fourth-order valence-electron chi connectivity index (χ4n) is 2.00. The Morgan fingerprint density at radius 2 is 1.74 bits per heavy atom. The van der Waals surface area contributed by atoms with Gasteiger partial charge in [0.15, 0.2) is 0 Å². The third-order valence-electron chi connectivity index (χ3n) is 2.98. The molecule has 0 amide bonds. The number of hydrogen-bond donors (Lipinski definition) is 1. The predicted molar refractivity (Wildman–Crippen MR) is 76.5 cm³/mol. The molecular weight excluding hydrogens is 243 g/mol. The third-order valence-corrected chi connectivity index (χ3v) is 2.98. The van der Waals surface area contributed by atoms with Crippen molar-refractivity contribution in [3.63, 3.8) is 0 Å². The van der Waals surface area contributed by atoms with Gasteiger partial charge in [0, 0.05) is 24.0 Å². The van der Waals surface area contributed by atoms with Crippen LogP contribution in [-0.4, -0.2) is 13.7 Å². The second kappa shape index (κ2) is 5.61. The van der Waals surface area contributed by atoms with Crippen molar-refractivity contribution in [2.24, 2.45) is 0 Å². The summed E-state index contributed by atoms with van der Waals surface area (Å²) in [5.74, 6) is 0.396. The molecule has 3 nitrogen and oxygen atoms in total. The number of ether oxygens (including phenoxy) is 1. The Morgan fingerprint density at radius 3 is 2.32 bits per heavy atom. The highest BCUT2D eigenvalue weighted by Gasteiger charge is 2.09. The first-order valence-electron chi connectivity index (χ1n) is 6.12. The molecule has 2 N–H and O–H groups in total. The van der Waals surface area contributed by atoms with Crippen molar-refractivity contribution in [3.8, 4) is 5.75 Å². The quantitative estimate of drug-likeness (QED) is 0.854. The van der Waals surface area contributed by atoms with E-state index < -0.39 is 0 Å². The largest absolute Gasteiger partial charge is 0.495 e. The van der Waals surface area contributed by atoms with Crippen LogP contribution in [0.4, 0.5) is 21.5 Å². The zero-order valence-electron chi connectivity index (χ0n) is 11.1. The van der Waals surface area contributed by atoms with E-state index in [1.807, 2.05) is 19.1 Å². The van der Waals surface area contributed by atoms with Crippen LogP contribution >= 0.6 is 0 Å². The van der Waals surface area contributed by atoms with Gasteiger partial charge in [0.2, 0.25) is 0 Å². The van der Waals surface area contributed by atoms with Crippen LogP contribution in [0, 0.1) is 5.82 Å². The van der Waals surface area contributed by atoms with E-state index in [1.165, 1.54) is 12.1 Å². The summed E-state index contributed by atoms with van der Waals surface area (Å²) in [5.41, 5.74) is 8.29. The predicted octanol–water partition coefficient (Wildman–Crippen LogP) is 3.57. The maximum Gasteiger partial charge on any atom is 0.143 e.